The molecule has 0 spiro atoms. The van der Waals surface area contributed by atoms with Crippen molar-refractivity contribution in [3.63, 3.8) is 0 Å². The summed E-state index contributed by atoms with van der Waals surface area (Å²) in [5.41, 5.74) is 2.62. The van der Waals surface area contributed by atoms with Crippen molar-refractivity contribution < 1.29 is 24.6 Å². The number of urea groups is 1. The number of aliphatic hydroxyl groups excluding tert-OH is 1. The number of hydrogen-bond acceptors (Lipinski definition) is 5. The molecule has 3 N–H and O–H groups in total. The highest BCUT2D eigenvalue weighted by Gasteiger charge is 2.55. The van der Waals surface area contributed by atoms with Crippen molar-refractivity contribution in [2.24, 2.45) is 0 Å². The van der Waals surface area contributed by atoms with Crippen LogP contribution in [-0.2, 0) is 29.1 Å². The van der Waals surface area contributed by atoms with Crippen LogP contribution in [0.3, 0.4) is 0 Å². The maximum atomic E-state index is 14.1. The van der Waals surface area contributed by atoms with Crippen LogP contribution in [0.15, 0.2) is 97.1 Å². The van der Waals surface area contributed by atoms with Gasteiger partial charge in [-0.05, 0) is 39.6 Å². The van der Waals surface area contributed by atoms with Gasteiger partial charge < -0.3 is 25.3 Å². The summed E-state index contributed by atoms with van der Waals surface area (Å²) in [6, 6.07) is 27.4. The van der Waals surface area contributed by atoms with Gasteiger partial charge in [-0.25, -0.2) is 4.79 Å². The lowest BCUT2D eigenvalue weighted by Crippen LogP contribution is -2.64. The van der Waals surface area contributed by atoms with Crippen molar-refractivity contribution in [3.05, 3.63) is 114 Å². The fourth-order valence-electron chi connectivity index (χ4n) is 6.06. The summed E-state index contributed by atoms with van der Waals surface area (Å²) in [4.78, 5) is 46.0. The first-order valence-electron chi connectivity index (χ1n) is 14.0. The van der Waals surface area contributed by atoms with E-state index in [1.54, 1.807) is 29.2 Å². The first kappa shape index (κ1) is 27.3. The van der Waals surface area contributed by atoms with Gasteiger partial charge in [-0.3, -0.25) is 14.5 Å². The van der Waals surface area contributed by atoms with Crippen molar-refractivity contribution in [1.82, 2.24) is 20.0 Å². The Kier molecular flexibility index (Phi) is 7.50. The number of piperazine rings is 1. The fourth-order valence-corrected chi connectivity index (χ4v) is 6.06. The number of nitrogens with one attached hydrogen (secondary N) is 1. The van der Waals surface area contributed by atoms with E-state index in [1.807, 2.05) is 72.8 Å². The van der Waals surface area contributed by atoms with E-state index in [9.17, 15) is 24.6 Å². The summed E-state index contributed by atoms with van der Waals surface area (Å²) in [5, 5.41) is 25.0. The largest absolute Gasteiger partial charge is 0.508 e. The highest BCUT2D eigenvalue weighted by atomic mass is 16.3. The van der Waals surface area contributed by atoms with Gasteiger partial charge in [-0.2, -0.15) is 0 Å². The van der Waals surface area contributed by atoms with Crippen molar-refractivity contribution in [1.29, 1.82) is 0 Å². The predicted octanol–water partition coefficient (Wildman–Crippen LogP) is 3.24. The SMILES string of the molecule is O=C1C(Cc2ccc(O)cc2)N2C(=O)C(CO)N(C(=O)NCc3ccccc3)C2CN1Cc1cccc2ccccc12. The molecule has 3 unspecified atom stereocenters. The third-order valence-electron chi connectivity index (χ3n) is 8.13. The van der Waals surface area contributed by atoms with Gasteiger partial charge in [0.15, 0.2) is 0 Å². The van der Waals surface area contributed by atoms with E-state index in [0.29, 0.717) is 6.54 Å². The second kappa shape index (κ2) is 11.5. The van der Waals surface area contributed by atoms with Gasteiger partial charge in [0.25, 0.3) is 0 Å². The molecular weight excluding hydrogens is 532 g/mol. The number of carbonyl (C=O) groups is 3. The lowest BCUT2D eigenvalue weighted by atomic mass is 9.98. The molecule has 2 fully saturated rings. The van der Waals surface area contributed by atoms with Crippen molar-refractivity contribution in [3.8, 4) is 5.75 Å². The monoisotopic (exact) mass is 564 g/mol. The first-order chi connectivity index (χ1) is 20.4. The number of rotatable bonds is 7. The average Bonchev–Trinajstić information content (AvgIpc) is 3.30. The summed E-state index contributed by atoms with van der Waals surface area (Å²) in [6.45, 7) is 0.0992. The van der Waals surface area contributed by atoms with E-state index in [2.05, 4.69) is 5.32 Å². The molecule has 4 aromatic carbocycles. The summed E-state index contributed by atoms with van der Waals surface area (Å²) < 4.78 is 0. The maximum absolute atomic E-state index is 14.1. The zero-order valence-corrected chi connectivity index (χ0v) is 23.0. The molecule has 42 heavy (non-hydrogen) atoms. The van der Waals surface area contributed by atoms with E-state index in [4.69, 9.17) is 0 Å². The number of amides is 4. The second-order valence-electron chi connectivity index (χ2n) is 10.7. The minimum Gasteiger partial charge on any atom is -0.508 e. The molecule has 2 heterocycles. The smallest absolute Gasteiger partial charge is 0.320 e. The highest BCUT2D eigenvalue weighted by Crippen LogP contribution is 2.33. The molecule has 0 saturated carbocycles. The molecule has 9 nitrogen and oxygen atoms in total. The Morgan fingerprint density at radius 2 is 1.52 bits per heavy atom. The van der Waals surface area contributed by atoms with Crippen LogP contribution in [0.4, 0.5) is 4.79 Å². The molecule has 9 heteroatoms. The molecule has 0 aliphatic carbocycles. The zero-order valence-electron chi connectivity index (χ0n) is 23.0. The number of hydrogen-bond donors (Lipinski definition) is 3. The number of fused-ring (bicyclic) bond motifs is 2. The quantitative estimate of drug-likeness (QED) is 0.319. The maximum Gasteiger partial charge on any atom is 0.320 e. The van der Waals surface area contributed by atoms with Gasteiger partial charge in [-0.15, -0.1) is 0 Å². The lowest BCUT2D eigenvalue weighted by molar-refractivity contribution is -0.153. The number of benzene rings is 4. The van der Waals surface area contributed by atoms with Crippen LogP contribution in [0.1, 0.15) is 16.7 Å². The van der Waals surface area contributed by atoms with Crippen molar-refractivity contribution in [2.75, 3.05) is 13.2 Å². The van der Waals surface area contributed by atoms with Gasteiger partial charge in [0.2, 0.25) is 11.8 Å². The van der Waals surface area contributed by atoms with Crippen molar-refractivity contribution in [2.45, 2.75) is 37.8 Å². The number of carbonyl (C=O) groups excluding carboxylic acids is 3. The number of aliphatic hydroxyl groups is 1. The lowest BCUT2D eigenvalue weighted by Gasteiger charge is -2.44. The Balaban J connectivity index is 1.34. The van der Waals surface area contributed by atoms with Crippen LogP contribution in [-0.4, -0.2) is 74.2 Å². The molecule has 6 rings (SSSR count). The van der Waals surface area contributed by atoms with Crippen LogP contribution in [0.25, 0.3) is 10.8 Å². The number of aromatic hydroxyl groups is 1. The number of phenolic OH excluding ortho intramolecular Hbond substituents is 1. The highest BCUT2D eigenvalue weighted by molar-refractivity contribution is 5.96. The number of phenols is 1. The van der Waals surface area contributed by atoms with Crippen LogP contribution in [0.5, 0.6) is 5.75 Å². The van der Waals surface area contributed by atoms with E-state index >= 15 is 0 Å². The molecule has 3 atom stereocenters. The summed E-state index contributed by atoms with van der Waals surface area (Å²) in [6.07, 6.45) is -0.564. The van der Waals surface area contributed by atoms with Gasteiger partial charge in [-0.1, -0.05) is 84.9 Å². The van der Waals surface area contributed by atoms with Gasteiger partial charge in [0, 0.05) is 19.5 Å². The Labute approximate surface area is 243 Å². The Morgan fingerprint density at radius 3 is 2.29 bits per heavy atom. The molecule has 2 aliphatic rings. The Bertz CT molecular complexity index is 1600. The zero-order chi connectivity index (χ0) is 29.2. The average molecular weight is 565 g/mol. The molecular formula is C33H32N4O5. The van der Waals surface area contributed by atoms with E-state index in [0.717, 1.165) is 27.5 Å². The number of nitrogens with zero attached hydrogens (tertiary/aromatic N) is 3. The topological polar surface area (TPSA) is 113 Å². The summed E-state index contributed by atoms with van der Waals surface area (Å²) >= 11 is 0. The molecule has 2 saturated heterocycles. The van der Waals surface area contributed by atoms with Crippen LogP contribution in [0, 0.1) is 0 Å². The fraction of sp³-hybridized carbons (Fsp3) is 0.242. The Hall–Kier alpha value is -4.89. The molecule has 4 aromatic rings. The van der Waals surface area contributed by atoms with Gasteiger partial charge >= 0.3 is 6.03 Å². The van der Waals surface area contributed by atoms with Gasteiger partial charge in [0.05, 0.1) is 13.2 Å². The molecule has 214 valence electrons. The third kappa shape index (κ3) is 5.14. The predicted molar refractivity (Wildman–Crippen MR) is 157 cm³/mol. The van der Waals surface area contributed by atoms with E-state index in [-0.39, 0.29) is 31.2 Å². The van der Waals surface area contributed by atoms with Crippen LogP contribution in [0.2, 0.25) is 0 Å². The minimum absolute atomic E-state index is 0.100. The molecule has 0 aromatic heterocycles. The molecule has 0 bridgehead atoms. The van der Waals surface area contributed by atoms with Gasteiger partial charge in [0.1, 0.15) is 24.0 Å². The molecule has 2 aliphatic heterocycles. The van der Waals surface area contributed by atoms with E-state index < -0.39 is 36.8 Å². The molecule has 4 amide bonds. The summed E-state index contributed by atoms with van der Waals surface area (Å²) in [7, 11) is 0. The van der Waals surface area contributed by atoms with Crippen LogP contribution >= 0.6 is 0 Å². The van der Waals surface area contributed by atoms with Crippen LogP contribution < -0.4 is 5.32 Å². The third-order valence-corrected chi connectivity index (χ3v) is 8.13. The first-order valence-corrected chi connectivity index (χ1v) is 14.0. The minimum atomic E-state index is -1.11. The second-order valence-corrected chi connectivity index (χ2v) is 10.7. The van der Waals surface area contributed by atoms with Crippen molar-refractivity contribution >= 4 is 28.6 Å². The normalized spacial score (nSPS) is 20.2. The van der Waals surface area contributed by atoms with E-state index in [1.165, 1.54) is 9.80 Å². The standard InChI is InChI=1S/C33H32N4O5/c38-21-29-32(41)36-28(17-22-13-15-26(39)16-14-22)31(40)35(19-25-11-6-10-24-9-4-5-12-27(24)25)20-30(36)37(29)33(42)34-18-23-7-2-1-3-8-23/h1-16,28-30,38-39H,17-21H2,(H,34,42). The summed E-state index contributed by atoms with van der Waals surface area (Å²) in [5.74, 6) is -0.592. The molecule has 0 radical (unpaired) electrons. The Morgan fingerprint density at radius 1 is 0.810 bits per heavy atom.